The molecule has 0 atom stereocenters. The van der Waals surface area contributed by atoms with E-state index < -0.39 is 5.41 Å². The summed E-state index contributed by atoms with van der Waals surface area (Å²) in [5.74, 6) is 3.39. The molecule has 3 heteroatoms. The molecule has 0 unspecified atom stereocenters. The highest BCUT2D eigenvalue weighted by molar-refractivity contribution is 6.10. The van der Waals surface area contributed by atoms with Gasteiger partial charge in [-0.05, 0) is 76.9 Å². The summed E-state index contributed by atoms with van der Waals surface area (Å²) in [5, 5.41) is 2.47. The van der Waals surface area contributed by atoms with Crippen LogP contribution < -0.4 is 9.47 Å². The fourth-order valence-electron chi connectivity index (χ4n) is 8.77. The van der Waals surface area contributed by atoms with Crippen LogP contribution in [0.4, 0.5) is 0 Å². The average Bonchev–Trinajstić information content (AvgIpc) is 3.55. The van der Waals surface area contributed by atoms with Gasteiger partial charge in [0.05, 0.1) is 16.4 Å². The molecule has 0 N–H and O–H groups in total. The molecule has 2 aliphatic heterocycles. The summed E-state index contributed by atoms with van der Waals surface area (Å²) in [7, 11) is 0. The Kier molecular flexibility index (Phi) is 6.17. The van der Waals surface area contributed by atoms with Gasteiger partial charge in [-0.3, -0.25) is 0 Å². The minimum absolute atomic E-state index is 0.722. The molecule has 0 saturated carbocycles. The maximum absolute atomic E-state index is 6.93. The Balaban J connectivity index is 1.22. The van der Waals surface area contributed by atoms with Crippen LogP contribution in [-0.4, -0.2) is 4.57 Å². The second-order valence-corrected chi connectivity index (χ2v) is 13.6. The Morgan fingerprint density at radius 2 is 0.942 bits per heavy atom. The zero-order valence-corrected chi connectivity index (χ0v) is 28.2. The molecular formula is C49H31NO2. The number of para-hydroxylation sites is 4. The summed E-state index contributed by atoms with van der Waals surface area (Å²) in [6, 6.07) is 67.0. The van der Waals surface area contributed by atoms with Gasteiger partial charge in [0.2, 0.25) is 0 Å². The third kappa shape index (κ3) is 4.02. The van der Waals surface area contributed by atoms with Gasteiger partial charge >= 0.3 is 0 Å². The number of ether oxygens (including phenoxy) is 2. The lowest BCUT2D eigenvalue weighted by Gasteiger charge is -2.45. The van der Waals surface area contributed by atoms with Crippen molar-refractivity contribution >= 4 is 21.8 Å². The predicted molar refractivity (Wildman–Crippen MR) is 210 cm³/mol. The van der Waals surface area contributed by atoms with Crippen LogP contribution in [0.15, 0.2) is 188 Å². The average molecular weight is 666 g/mol. The predicted octanol–water partition coefficient (Wildman–Crippen LogP) is 12.7. The monoisotopic (exact) mass is 665 g/mol. The summed E-state index contributed by atoms with van der Waals surface area (Å²) in [5.41, 5.74) is 11.7. The number of hydrogen-bond donors (Lipinski definition) is 0. The van der Waals surface area contributed by atoms with Crippen LogP contribution in [0.2, 0.25) is 0 Å². The topological polar surface area (TPSA) is 23.4 Å². The molecule has 1 aromatic heterocycles. The van der Waals surface area contributed by atoms with Gasteiger partial charge in [0.25, 0.3) is 0 Å². The van der Waals surface area contributed by atoms with Crippen molar-refractivity contribution in [1.29, 1.82) is 0 Å². The van der Waals surface area contributed by atoms with Gasteiger partial charge in [0.1, 0.15) is 23.0 Å². The molecule has 11 rings (SSSR count). The van der Waals surface area contributed by atoms with E-state index in [0.717, 1.165) is 73.2 Å². The van der Waals surface area contributed by atoms with Gasteiger partial charge in [0.15, 0.2) is 0 Å². The van der Waals surface area contributed by atoms with E-state index in [1.54, 1.807) is 0 Å². The molecule has 0 amide bonds. The van der Waals surface area contributed by atoms with E-state index in [1.165, 1.54) is 21.8 Å². The van der Waals surface area contributed by atoms with Gasteiger partial charge in [-0.15, -0.1) is 0 Å². The Bertz CT molecular complexity index is 2810. The van der Waals surface area contributed by atoms with Gasteiger partial charge < -0.3 is 14.0 Å². The normalized spacial score (nSPS) is 13.5. The van der Waals surface area contributed by atoms with Gasteiger partial charge in [-0.1, -0.05) is 133 Å². The smallest absolute Gasteiger partial charge is 0.132 e. The fourth-order valence-corrected chi connectivity index (χ4v) is 8.77. The van der Waals surface area contributed by atoms with E-state index in [4.69, 9.17) is 9.47 Å². The highest BCUT2D eigenvalue weighted by Crippen LogP contribution is 2.63. The fraction of sp³-hybridized carbons (Fsp3) is 0.0204. The van der Waals surface area contributed by atoms with Gasteiger partial charge in [-0.25, -0.2) is 0 Å². The minimum atomic E-state index is -0.722. The molecule has 9 aromatic rings. The molecule has 0 aliphatic carbocycles. The molecule has 0 saturated heterocycles. The Labute approximate surface area is 301 Å². The lowest BCUT2D eigenvalue weighted by atomic mass is 9.60. The van der Waals surface area contributed by atoms with Crippen molar-refractivity contribution in [3.8, 4) is 50.9 Å². The standard InChI is InChI=1S/C49H31NO2/c1-3-14-32(15-4-1)36-19-13-25-47-48(36)49(39-20-8-11-23-44(39)51-45-24-12-9-21-40(45)49)41-30-33(27-29-46(41)52-47)34-26-28-38-37-18-7-10-22-42(37)50(43(38)31-34)35-16-5-2-6-17-35/h1-31H. The van der Waals surface area contributed by atoms with Crippen LogP contribution in [0.1, 0.15) is 22.3 Å². The van der Waals surface area contributed by atoms with E-state index in [1.807, 2.05) is 0 Å². The van der Waals surface area contributed by atoms with Crippen LogP contribution >= 0.6 is 0 Å². The number of aromatic nitrogens is 1. The highest BCUT2D eigenvalue weighted by Gasteiger charge is 2.51. The van der Waals surface area contributed by atoms with E-state index in [2.05, 4.69) is 193 Å². The van der Waals surface area contributed by atoms with Crippen molar-refractivity contribution in [2.24, 2.45) is 0 Å². The first kappa shape index (κ1) is 28.9. The summed E-state index contributed by atoms with van der Waals surface area (Å²) in [4.78, 5) is 0. The van der Waals surface area contributed by atoms with Crippen LogP contribution in [0.5, 0.6) is 23.0 Å². The third-order valence-electron chi connectivity index (χ3n) is 10.9. The SMILES string of the molecule is c1ccc(-c2cccc3c2C2(c4ccccc4Oc4ccccc42)c2cc(-c4ccc5c6ccccc6n(-c6ccccc6)c5c4)ccc2O3)cc1. The summed E-state index contributed by atoms with van der Waals surface area (Å²) < 4.78 is 16.0. The number of nitrogens with zero attached hydrogens (tertiary/aromatic N) is 1. The first-order valence-corrected chi connectivity index (χ1v) is 17.8. The number of hydrogen-bond acceptors (Lipinski definition) is 2. The molecule has 3 heterocycles. The Morgan fingerprint density at radius 1 is 0.365 bits per heavy atom. The second kappa shape index (κ2) is 11.1. The maximum Gasteiger partial charge on any atom is 0.132 e. The molecule has 0 bridgehead atoms. The molecule has 8 aromatic carbocycles. The van der Waals surface area contributed by atoms with Crippen molar-refractivity contribution in [2.75, 3.05) is 0 Å². The Hall–Kier alpha value is -6.84. The van der Waals surface area contributed by atoms with Crippen molar-refractivity contribution < 1.29 is 9.47 Å². The van der Waals surface area contributed by atoms with Gasteiger partial charge in [-0.2, -0.15) is 0 Å². The molecular weight excluding hydrogens is 635 g/mol. The molecule has 2 aliphatic rings. The van der Waals surface area contributed by atoms with E-state index in [9.17, 15) is 0 Å². The lowest BCUT2D eigenvalue weighted by Crippen LogP contribution is -2.37. The van der Waals surface area contributed by atoms with Crippen molar-refractivity contribution in [2.45, 2.75) is 5.41 Å². The Morgan fingerprint density at radius 3 is 1.73 bits per heavy atom. The van der Waals surface area contributed by atoms with Crippen molar-refractivity contribution in [1.82, 2.24) is 4.57 Å². The van der Waals surface area contributed by atoms with Crippen molar-refractivity contribution in [3.05, 3.63) is 210 Å². The summed E-state index contributed by atoms with van der Waals surface area (Å²) in [6.07, 6.45) is 0. The third-order valence-corrected chi connectivity index (χ3v) is 10.9. The second-order valence-electron chi connectivity index (χ2n) is 13.6. The quantitative estimate of drug-likeness (QED) is 0.187. The summed E-state index contributed by atoms with van der Waals surface area (Å²) >= 11 is 0. The van der Waals surface area contributed by atoms with E-state index >= 15 is 0 Å². The molecule has 1 spiro atoms. The van der Waals surface area contributed by atoms with Crippen LogP contribution in [0.25, 0.3) is 49.7 Å². The van der Waals surface area contributed by atoms with E-state index in [0.29, 0.717) is 0 Å². The molecule has 0 radical (unpaired) electrons. The van der Waals surface area contributed by atoms with Crippen molar-refractivity contribution in [3.63, 3.8) is 0 Å². The number of fused-ring (bicyclic) bond motifs is 11. The lowest BCUT2D eigenvalue weighted by molar-refractivity contribution is 0.400. The highest BCUT2D eigenvalue weighted by atomic mass is 16.5. The van der Waals surface area contributed by atoms with Crippen LogP contribution in [0, 0.1) is 0 Å². The molecule has 3 nitrogen and oxygen atoms in total. The number of rotatable bonds is 3. The largest absolute Gasteiger partial charge is 0.457 e. The molecule has 52 heavy (non-hydrogen) atoms. The zero-order chi connectivity index (χ0) is 34.2. The summed E-state index contributed by atoms with van der Waals surface area (Å²) in [6.45, 7) is 0. The van der Waals surface area contributed by atoms with Crippen LogP contribution in [-0.2, 0) is 5.41 Å². The first-order chi connectivity index (χ1) is 25.8. The molecule has 0 fully saturated rings. The van der Waals surface area contributed by atoms with E-state index in [-0.39, 0.29) is 0 Å². The first-order valence-electron chi connectivity index (χ1n) is 17.8. The van der Waals surface area contributed by atoms with Gasteiger partial charge in [0, 0.05) is 38.7 Å². The minimum Gasteiger partial charge on any atom is -0.457 e. The zero-order valence-electron chi connectivity index (χ0n) is 28.2. The molecule has 244 valence electrons. The maximum atomic E-state index is 6.93. The number of benzene rings is 8. The van der Waals surface area contributed by atoms with Crippen LogP contribution in [0.3, 0.4) is 0 Å².